The van der Waals surface area contributed by atoms with Crippen molar-refractivity contribution in [3.63, 3.8) is 0 Å². The molecule has 21 heavy (non-hydrogen) atoms. The summed E-state index contributed by atoms with van der Waals surface area (Å²) in [6.45, 7) is 10.2. The molecule has 0 aromatic carbocycles. The van der Waals surface area contributed by atoms with Gasteiger partial charge in [-0.05, 0) is 35.9 Å². The van der Waals surface area contributed by atoms with Crippen molar-refractivity contribution in [2.24, 2.45) is 0 Å². The number of halogens is 1. The van der Waals surface area contributed by atoms with Crippen LogP contribution in [0.15, 0.2) is 15.5 Å². The Morgan fingerprint density at radius 1 is 1.48 bits per heavy atom. The van der Waals surface area contributed by atoms with E-state index in [1.165, 1.54) is 4.68 Å². The first kappa shape index (κ1) is 18.1. The van der Waals surface area contributed by atoms with Gasteiger partial charge in [0.05, 0.1) is 25.0 Å². The summed E-state index contributed by atoms with van der Waals surface area (Å²) >= 11 is 3.36. The fraction of sp³-hybridized carbons (Fsp3) is 0.714. The summed E-state index contributed by atoms with van der Waals surface area (Å²) in [5.41, 5.74) is 0.584. The van der Waals surface area contributed by atoms with Crippen LogP contribution in [0.4, 0.5) is 5.69 Å². The Bertz CT molecular complexity index is 488. The molecule has 0 radical (unpaired) electrons. The van der Waals surface area contributed by atoms with E-state index in [1.54, 1.807) is 13.3 Å². The smallest absolute Gasteiger partial charge is 0.283 e. The highest BCUT2D eigenvalue weighted by atomic mass is 79.9. The maximum Gasteiger partial charge on any atom is 0.283 e. The molecule has 1 N–H and O–H groups in total. The number of anilines is 1. The molecule has 0 amide bonds. The van der Waals surface area contributed by atoms with Crippen LogP contribution in [0.1, 0.15) is 20.8 Å². The number of rotatable bonds is 9. The molecule has 0 saturated heterocycles. The second kappa shape index (κ2) is 9.17. The Balaban J connectivity index is 2.76. The molecule has 1 unspecified atom stereocenters. The highest BCUT2D eigenvalue weighted by molar-refractivity contribution is 9.10. The van der Waals surface area contributed by atoms with Gasteiger partial charge >= 0.3 is 0 Å². The minimum Gasteiger partial charge on any atom is -0.383 e. The summed E-state index contributed by atoms with van der Waals surface area (Å²) in [6.07, 6.45) is 1.68. The van der Waals surface area contributed by atoms with Gasteiger partial charge in [-0.2, -0.15) is 5.10 Å². The van der Waals surface area contributed by atoms with Crippen LogP contribution in [-0.4, -0.2) is 54.1 Å². The first-order valence-corrected chi connectivity index (χ1v) is 8.06. The van der Waals surface area contributed by atoms with Crippen LogP contribution in [0.2, 0.25) is 0 Å². The van der Waals surface area contributed by atoms with E-state index in [9.17, 15) is 4.79 Å². The average molecular weight is 361 g/mol. The number of hydrogen-bond donors (Lipinski definition) is 1. The molecule has 6 nitrogen and oxygen atoms in total. The normalized spacial score (nSPS) is 12.7. The molecule has 0 aliphatic heterocycles. The second-order valence-corrected chi connectivity index (χ2v) is 5.72. The van der Waals surface area contributed by atoms with Gasteiger partial charge in [-0.25, -0.2) is 4.68 Å². The highest BCUT2D eigenvalue weighted by Crippen LogP contribution is 2.17. The minimum atomic E-state index is -0.146. The Morgan fingerprint density at radius 2 is 2.14 bits per heavy atom. The predicted octanol–water partition coefficient (Wildman–Crippen LogP) is 1.79. The van der Waals surface area contributed by atoms with Crippen LogP contribution in [0.3, 0.4) is 0 Å². The SMILES string of the molecule is CCN(CC)CC(C)Nc1cnn(CCOC)c(=O)c1Br. The quantitative estimate of drug-likeness (QED) is 0.727. The van der Waals surface area contributed by atoms with Crippen LogP contribution in [0.25, 0.3) is 0 Å². The van der Waals surface area contributed by atoms with Gasteiger partial charge in [0, 0.05) is 19.7 Å². The molecule has 0 aliphatic rings. The topological polar surface area (TPSA) is 59.4 Å². The Hall–Kier alpha value is -0.920. The highest BCUT2D eigenvalue weighted by Gasteiger charge is 2.12. The lowest BCUT2D eigenvalue weighted by atomic mass is 10.3. The first-order valence-electron chi connectivity index (χ1n) is 7.26. The molecule has 0 fully saturated rings. The third-order valence-corrected chi connectivity index (χ3v) is 4.09. The van der Waals surface area contributed by atoms with Crippen molar-refractivity contribution in [1.82, 2.24) is 14.7 Å². The molecule has 1 heterocycles. The molecule has 0 saturated carbocycles. The largest absolute Gasteiger partial charge is 0.383 e. The van der Waals surface area contributed by atoms with E-state index in [0.29, 0.717) is 17.6 Å². The second-order valence-electron chi connectivity index (χ2n) is 4.92. The Morgan fingerprint density at radius 3 is 2.71 bits per heavy atom. The zero-order valence-electron chi connectivity index (χ0n) is 13.2. The van der Waals surface area contributed by atoms with Crippen LogP contribution in [0.5, 0.6) is 0 Å². The summed E-state index contributed by atoms with van der Waals surface area (Å²) in [5.74, 6) is 0. The molecular formula is C14H25BrN4O2. The van der Waals surface area contributed by atoms with E-state index in [1.807, 2.05) is 0 Å². The maximum atomic E-state index is 12.2. The molecule has 7 heteroatoms. The van der Waals surface area contributed by atoms with Gasteiger partial charge in [0.2, 0.25) is 0 Å². The number of methoxy groups -OCH3 is 1. The van der Waals surface area contributed by atoms with Gasteiger partial charge in [0.15, 0.2) is 0 Å². The number of likely N-dealkylation sites (N-methyl/N-ethyl adjacent to an activating group) is 1. The van der Waals surface area contributed by atoms with E-state index in [2.05, 4.69) is 52.0 Å². The van der Waals surface area contributed by atoms with Gasteiger partial charge in [-0.15, -0.1) is 0 Å². The number of nitrogens with zero attached hydrogens (tertiary/aromatic N) is 3. The molecule has 0 aliphatic carbocycles. The number of nitrogens with one attached hydrogen (secondary N) is 1. The lowest BCUT2D eigenvalue weighted by molar-refractivity contribution is 0.181. The molecule has 0 spiro atoms. The van der Waals surface area contributed by atoms with Gasteiger partial charge < -0.3 is 15.0 Å². The van der Waals surface area contributed by atoms with Crippen molar-refractivity contribution in [1.29, 1.82) is 0 Å². The van der Waals surface area contributed by atoms with Gasteiger partial charge in [0.25, 0.3) is 5.56 Å². The van der Waals surface area contributed by atoms with E-state index in [-0.39, 0.29) is 11.6 Å². The number of aromatic nitrogens is 2. The number of hydrogen-bond acceptors (Lipinski definition) is 5. The van der Waals surface area contributed by atoms with Crippen LogP contribution in [0, 0.1) is 0 Å². The molecular weight excluding hydrogens is 336 g/mol. The standard InChI is InChI=1S/C14H25BrN4O2/c1-5-18(6-2)10-11(3)17-12-9-16-19(7-8-21-4)14(20)13(12)15/h9,11,17H,5-8,10H2,1-4H3. The Kier molecular flexibility index (Phi) is 7.92. The minimum absolute atomic E-state index is 0.146. The third kappa shape index (κ3) is 5.41. The maximum absolute atomic E-state index is 12.2. The van der Waals surface area contributed by atoms with Gasteiger partial charge in [-0.3, -0.25) is 4.79 Å². The lowest BCUT2D eigenvalue weighted by Gasteiger charge is -2.24. The van der Waals surface area contributed by atoms with Crippen molar-refractivity contribution >= 4 is 21.6 Å². The molecule has 0 bridgehead atoms. The van der Waals surface area contributed by atoms with Crippen LogP contribution in [-0.2, 0) is 11.3 Å². The summed E-state index contributed by atoms with van der Waals surface area (Å²) in [7, 11) is 1.60. The van der Waals surface area contributed by atoms with Crippen molar-refractivity contribution in [3.05, 3.63) is 21.0 Å². The van der Waals surface area contributed by atoms with E-state index < -0.39 is 0 Å². The van der Waals surface area contributed by atoms with Gasteiger partial charge in [-0.1, -0.05) is 13.8 Å². The number of ether oxygens (including phenoxy) is 1. The third-order valence-electron chi connectivity index (χ3n) is 3.32. The molecule has 120 valence electrons. The molecule has 1 rings (SSSR count). The summed E-state index contributed by atoms with van der Waals surface area (Å²) in [6, 6.07) is 0.234. The molecule has 1 atom stereocenters. The van der Waals surface area contributed by atoms with Crippen LogP contribution < -0.4 is 10.9 Å². The predicted molar refractivity (Wildman–Crippen MR) is 88.9 cm³/mol. The van der Waals surface area contributed by atoms with Crippen molar-refractivity contribution < 1.29 is 4.74 Å². The Labute approximate surface area is 134 Å². The van der Waals surface area contributed by atoms with E-state index >= 15 is 0 Å². The molecule has 1 aromatic rings. The summed E-state index contributed by atoms with van der Waals surface area (Å²) in [5, 5.41) is 7.50. The van der Waals surface area contributed by atoms with Crippen molar-refractivity contribution in [2.45, 2.75) is 33.4 Å². The zero-order chi connectivity index (χ0) is 15.8. The van der Waals surface area contributed by atoms with Crippen molar-refractivity contribution in [2.75, 3.05) is 38.7 Å². The van der Waals surface area contributed by atoms with E-state index in [0.717, 1.165) is 25.3 Å². The van der Waals surface area contributed by atoms with Crippen molar-refractivity contribution in [3.8, 4) is 0 Å². The lowest BCUT2D eigenvalue weighted by Crippen LogP contribution is -2.35. The first-order chi connectivity index (χ1) is 10.0. The van der Waals surface area contributed by atoms with Gasteiger partial charge in [0.1, 0.15) is 4.47 Å². The van der Waals surface area contributed by atoms with Crippen LogP contribution >= 0.6 is 15.9 Å². The average Bonchev–Trinajstić information content (AvgIpc) is 2.48. The zero-order valence-corrected chi connectivity index (χ0v) is 14.8. The summed E-state index contributed by atoms with van der Waals surface area (Å²) < 4.78 is 6.88. The summed E-state index contributed by atoms with van der Waals surface area (Å²) in [4.78, 5) is 14.5. The molecule has 1 aromatic heterocycles. The van der Waals surface area contributed by atoms with E-state index in [4.69, 9.17) is 4.74 Å². The fourth-order valence-electron chi connectivity index (χ4n) is 2.08. The fourth-order valence-corrected chi connectivity index (χ4v) is 2.50. The monoisotopic (exact) mass is 360 g/mol.